The molecule has 0 atom stereocenters. The van der Waals surface area contributed by atoms with Crippen LogP contribution in [0, 0.1) is 6.92 Å². The van der Waals surface area contributed by atoms with Crippen LogP contribution in [0.2, 0.25) is 5.02 Å². The Bertz CT molecular complexity index is 1000. The summed E-state index contributed by atoms with van der Waals surface area (Å²) in [6, 6.07) is 11.6. The van der Waals surface area contributed by atoms with E-state index in [0.29, 0.717) is 15.6 Å². The minimum Gasteiger partial charge on any atom is -0.487 e. The second-order valence-electron chi connectivity index (χ2n) is 6.07. The van der Waals surface area contributed by atoms with E-state index >= 15 is 0 Å². The van der Waals surface area contributed by atoms with Crippen molar-refractivity contribution in [3.8, 4) is 5.75 Å². The lowest BCUT2D eigenvalue weighted by Crippen LogP contribution is -2.12. The van der Waals surface area contributed by atoms with Gasteiger partial charge in [0, 0.05) is 11.3 Å². The highest BCUT2D eigenvalue weighted by Gasteiger charge is 2.30. The zero-order chi connectivity index (χ0) is 20.3. The van der Waals surface area contributed by atoms with Gasteiger partial charge < -0.3 is 10.1 Å². The van der Waals surface area contributed by atoms with Crippen LogP contribution in [0.25, 0.3) is 0 Å². The van der Waals surface area contributed by atoms with Crippen LogP contribution in [0.4, 0.5) is 18.9 Å². The lowest BCUT2D eigenvalue weighted by atomic mass is 10.2. The maximum Gasteiger partial charge on any atom is 0.416 e. The van der Waals surface area contributed by atoms with Crippen molar-refractivity contribution in [2.75, 3.05) is 5.32 Å². The highest BCUT2D eigenvalue weighted by Crippen LogP contribution is 2.31. The predicted octanol–water partition coefficient (Wildman–Crippen LogP) is 6.56. The number of nitrogens with one attached hydrogen (secondary N) is 1. The fourth-order valence-corrected chi connectivity index (χ4v) is 3.38. The Kier molecular flexibility index (Phi) is 5.96. The number of thiophene rings is 1. The second-order valence-corrected chi connectivity index (χ2v) is 7.39. The van der Waals surface area contributed by atoms with Gasteiger partial charge in [-0.1, -0.05) is 23.7 Å². The number of benzene rings is 2. The molecule has 0 saturated carbocycles. The number of aryl methyl sites for hydroxylation is 1. The number of alkyl halides is 3. The lowest BCUT2D eigenvalue weighted by molar-refractivity contribution is -0.137. The number of hydrogen-bond donors (Lipinski definition) is 1. The van der Waals surface area contributed by atoms with E-state index in [2.05, 4.69) is 5.32 Å². The largest absolute Gasteiger partial charge is 0.487 e. The average molecular weight is 426 g/mol. The molecule has 3 nitrogen and oxygen atoms in total. The van der Waals surface area contributed by atoms with Crippen LogP contribution in [0.1, 0.15) is 26.4 Å². The van der Waals surface area contributed by atoms with Crippen molar-refractivity contribution in [3.63, 3.8) is 0 Å². The molecular formula is C20H15ClF3NO2S. The molecule has 0 saturated heterocycles. The summed E-state index contributed by atoms with van der Waals surface area (Å²) in [4.78, 5) is 12.7. The SMILES string of the molecule is Cc1ccc(Cl)c(OCc2csc(C(=O)Nc3cccc(C(F)(F)F)c3)c2)c1. The summed E-state index contributed by atoms with van der Waals surface area (Å²) >= 11 is 7.27. The standard InChI is InChI=1S/C20H15ClF3NO2S/c1-12-5-6-16(21)17(7-12)27-10-13-8-18(28-11-13)19(26)25-15-4-2-3-14(9-15)20(22,23)24/h2-9,11H,10H2,1H3,(H,25,26). The van der Waals surface area contributed by atoms with Gasteiger partial charge in [0.15, 0.2) is 0 Å². The monoisotopic (exact) mass is 425 g/mol. The van der Waals surface area contributed by atoms with Crippen LogP contribution in [0.3, 0.4) is 0 Å². The van der Waals surface area contributed by atoms with Crippen molar-refractivity contribution in [2.45, 2.75) is 19.7 Å². The number of rotatable bonds is 5. The first kappa shape index (κ1) is 20.2. The highest BCUT2D eigenvalue weighted by atomic mass is 35.5. The number of carbonyl (C=O) groups excluding carboxylic acids is 1. The van der Waals surface area contributed by atoms with Crippen molar-refractivity contribution in [1.29, 1.82) is 0 Å². The van der Waals surface area contributed by atoms with Gasteiger partial charge in [0.25, 0.3) is 5.91 Å². The number of halogens is 4. The Hall–Kier alpha value is -2.51. The van der Waals surface area contributed by atoms with Crippen molar-refractivity contribution in [2.24, 2.45) is 0 Å². The molecule has 2 aromatic carbocycles. The predicted molar refractivity (Wildman–Crippen MR) is 104 cm³/mol. The van der Waals surface area contributed by atoms with E-state index in [4.69, 9.17) is 16.3 Å². The molecule has 1 heterocycles. The summed E-state index contributed by atoms with van der Waals surface area (Å²) in [6.07, 6.45) is -4.47. The third kappa shape index (κ3) is 5.05. The van der Waals surface area contributed by atoms with E-state index in [9.17, 15) is 18.0 Å². The van der Waals surface area contributed by atoms with Gasteiger partial charge in [0.05, 0.1) is 15.5 Å². The molecule has 0 fully saturated rings. The van der Waals surface area contributed by atoms with Crippen LogP contribution < -0.4 is 10.1 Å². The van der Waals surface area contributed by atoms with Crippen LogP contribution in [0.5, 0.6) is 5.75 Å². The summed E-state index contributed by atoms with van der Waals surface area (Å²) in [5.41, 5.74) is 1.03. The van der Waals surface area contributed by atoms with E-state index in [1.807, 2.05) is 19.1 Å². The quantitative estimate of drug-likeness (QED) is 0.502. The van der Waals surface area contributed by atoms with Gasteiger partial charge in [-0.3, -0.25) is 4.79 Å². The molecule has 0 aliphatic heterocycles. The molecule has 0 aliphatic carbocycles. The number of anilines is 1. The summed E-state index contributed by atoms with van der Waals surface area (Å²) in [7, 11) is 0. The smallest absolute Gasteiger partial charge is 0.416 e. The Labute approximate surface area is 168 Å². The topological polar surface area (TPSA) is 38.3 Å². The molecule has 0 spiro atoms. The van der Waals surface area contributed by atoms with Crippen molar-refractivity contribution >= 4 is 34.5 Å². The Balaban J connectivity index is 1.65. The molecule has 0 unspecified atom stereocenters. The van der Waals surface area contributed by atoms with Gasteiger partial charge in [0.2, 0.25) is 0 Å². The fraction of sp³-hybridized carbons (Fsp3) is 0.150. The van der Waals surface area contributed by atoms with Gasteiger partial charge in [0.1, 0.15) is 12.4 Å². The molecule has 1 N–H and O–H groups in total. The number of hydrogen-bond acceptors (Lipinski definition) is 3. The molecular weight excluding hydrogens is 411 g/mol. The van der Waals surface area contributed by atoms with E-state index in [-0.39, 0.29) is 12.3 Å². The van der Waals surface area contributed by atoms with Gasteiger partial charge >= 0.3 is 6.18 Å². The first-order chi connectivity index (χ1) is 13.2. The minimum atomic E-state index is -4.47. The number of amides is 1. The van der Waals surface area contributed by atoms with Crippen LogP contribution >= 0.6 is 22.9 Å². The molecule has 0 radical (unpaired) electrons. The zero-order valence-corrected chi connectivity index (χ0v) is 16.2. The van der Waals surface area contributed by atoms with E-state index in [1.54, 1.807) is 17.5 Å². The molecule has 0 bridgehead atoms. The van der Waals surface area contributed by atoms with Gasteiger partial charge in [-0.05, 0) is 54.3 Å². The average Bonchev–Trinajstić information content (AvgIpc) is 3.11. The first-order valence-electron chi connectivity index (χ1n) is 8.17. The number of ether oxygens (including phenoxy) is 1. The molecule has 28 heavy (non-hydrogen) atoms. The summed E-state index contributed by atoms with van der Waals surface area (Å²) in [5.74, 6) is 0.0620. The van der Waals surface area contributed by atoms with Crippen LogP contribution in [0.15, 0.2) is 53.9 Å². The molecule has 8 heteroatoms. The summed E-state index contributed by atoms with van der Waals surface area (Å²) < 4.78 is 44.0. The van der Waals surface area contributed by atoms with Crippen LogP contribution in [-0.4, -0.2) is 5.91 Å². The summed E-state index contributed by atoms with van der Waals surface area (Å²) in [5, 5.41) is 4.73. The van der Waals surface area contributed by atoms with Gasteiger partial charge in [-0.15, -0.1) is 11.3 Å². The third-order valence-corrected chi connectivity index (χ3v) is 5.10. The van der Waals surface area contributed by atoms with E-state index < -0.39 is 17.6 Å². The fourth-order valence-electron chi connectivity index (χ4n) is 2.42. The molecule has 3 aromatic rings. The molecule has 0 aliphatic rings. The third-order valence-electron chi connectivity index (χ3n) is 3.81. The highest BCUT2D eigenvalue weighted by molar-refractivity contribution is 7.12. The van der Waals surface area contributed by atoms with Crippen molar-refractivity contribution < 1.29 is 22.7 Å². The van der Waals surface area contributed by atoms with Crippen molar-refractivity contribution in [3.05, 3.63) is 80.5 Å². The van der Waals surface area contributed by atoms with E-state index in [1.165, 1.54) is 23.5 Å². The second kappa shape index (κ2) is 8.24. The Morgan fingerprint density at radius 1 is 1.18 bits per heavy atom. The zero-order valence-electron chi connectivity index (χ0n) is 14.6. The molecule has 3 rings (SSSR count). The Morgan fingerprint density at radius 3 is 2.71 bits per heavy atom. The van der Waals surface area contributed by atoms with Gasteiger partial charge in [-0.2, -0.15) is 13.2 Å². The Morgan fingerprint density at radius 2 is 1.96 bits per heavy atom. The lowest BCUT2D eigenvalue weighted by Gasteiger charge is -2.09. The maximum atomic E-state index is 12.8. The molecule has 146 valence electrons. The van der Waals surface area contributed by atoms with Crippen molar-refractivity contribution in [1.82, 2.24) is 0 Å². The molecule has 1 amide bonds. The minimum absolute atomic E-state index is 0.0811. The molecule has 1 aromatic heterocycles. The first-order valence-corrected chi connectivity index (χ1v) is 9.43. The normalized spacial score (nSPS) is 11.3. The van der Waals surface area contributed by atoms with Gasteiger partial charge in [-0.25, -0.2) is 0 Å². The van der Waals surface area contributed by atoms with E-state index in [0.717, 1.165) is 23.3 Å². The van der Waals surface area contributed by atoms with Crippen LogP contribution in [-0.2, 0) is 12.8 Å². The summed E-state index contributed by atoms with van der Waals surface area (Å²) in [6.45, 7) is 2.14. The number of carbonyl (C=O) groups is 1. The maximum absolute atomic E-state index is 12.8.